The summed E-state index contributed by atoms with van der Waals surface area (Å²) < 4.78 is 7.76. The molecule has 0 unspecified atom stereocenters. The number of fused-ring (bicyclic) bond motifs is 1. The van der Waals surface area contributed by atoms with E-state index >= 15 is 0 Å². The number of carbonyl (C=O) groups is 1. The van der Waals surface area contributed by atoms with Crippen molar-refractivity contribution in [1.29, 1.82) is 0 Å². The molecule has 0 aliphatic carbocycles. The molecule has 2 atom stereocenters. The minimum absolute atomic E-state index is 0.0966. The number of nitrogens with zero attached hydrogens (tertiary/aromatic N) is 2. The molecule has 0 aromatic carbocycles. The van der Waals surface area contributed by atoms with E-state index in [4.69, 9.17) is 4.74 Å². The van der Waals surface area contributed by atoms with E-state index in [-0.39, 0.29) is 24.2 Å². The van der Waals surface area contributed by atoms with Gasteiger partial charge in [0.25, 0.3) is 0 Å². The van der Waals surface area contributed by atoms with Crippen molar-refractivity contribution in [2.24, 2.45) is 0 Å². The second-order valence-electron chi connectivity index (χ2n) is 6.44. The molecule has 130 valence electrons. The van der Waals surface area contributed by atoms with Crippen molar-refractivity contribution in [3.8, 4) is 0 Å². The number of nitrogens with one attached hydrogen (secondary N) is 2. The van der Waals surface area contributed by atoms with Crippen LogP contribution >= 0.6 is 11.3 Å². The number of amides is 2. The molecule has 0 fully saturated rings. The lowest BCUT2D eigenvalue weighted by Gasteiger charge is -2.29. The van der Waals surface area contributed by atoms with Gasteiger partial charge in [0.1, 0.15) is 6.10 Å². The van der Waals surface area contributed by atoms with Crippen molar-refractivity contribution in [1.82, 2.24) is 15.1 Å². The molecule has 2 amide bonds. The molecular weight excluding hydrogens is 324 g/mol. The molecule has 2 aromatic heterocycles. The molecule has 24 heavy (non-hydrogen) atoms. The van der Waals surface area contributed by atoms with Crippen LogP contribution in [0.15, 0.2) is 17.5 Å². The van der Waals surface area contributed by atoms with Gasteiger partial charge in [0.2, 0.25) is 0 Å². The third-order valence-corrected chi connectivity index (χ3v) is 5.18. The Bertz CT molecular complexity index is 722. The summed E-state index contributed by atoms with van der Waals surface area (Å²) in [7, 11) is 0. The highest BCUT2D eigenvalue weighted by Gasteiger charge is 2.28. The summed E-state index contributed by atoms with van der Waals surface area (Å²) in [6.07, 6.45) is 0.856. The largest absolute Gasteiger partial charge is 0.371 e. The van der Waals surface area contributed by atoms with Crippen molar-refractivity contribution < 1.29 is 9.53 Å². The first-order chi connectivity index (χ1) is 11.5. The van der Waals surface area contributed by atoms with Crippen molar-refractivity contribution in [3.05, 3.63) is 33.6 Å². The molecule has 1 aliphatic rings. The molecular formula is C17H24N4O2S. The van der Waals surface area contributed by atoms with Crippen LogP contribution < -0.4 is 10.6 Å². The van der Waals surface area contributed by atoms with Gasteiger partial charge in [-0.2, -0.15) is 5.10 Å². The van der Waals surface area contributed by atoms with Crippen LogP contribution in [0.1, 0.15) is 49.1 Å². The first-order valence-corrected chi connectivity index (χ1v) is 9.15. The van der Waals surface area contributed by atoms with Gasteiger partial charge in [0, 0.05) is 29.1 Å². The van der Waals surface area contributed by atoms with Crippen LogP contribution in [-0.2, 0) is 11.2 Å². The van der Waals surface area contributed by atoms with Crippen LogP contribution in [0, 0.1) is 6.92 Å². The van der Waals surface area contributed by atoms with E-state index in [0.717, 1.165) is 12.1 Å². The second kappa shape index (κ2) is 6.94. The van der Waals surface area contributed by atoms with Crippen LogP contribution in [0.25, 0.3) is 0 Å². The molecule has 0 radical (unpaired) electrons. The van der Waals surface area contributed by atoms with Crippen molar-refractivity contribution in [2.45, 2.75) is 52.3 Å². The molecule has 2 aromatic rings. The van der Waals surface area contributed by atoms with E-state index < -0.39 is 0 Å². The number of thiophene rings is 1. The number of urea groups is 1. The average Bonchev–Trinajstić information content (AvgIpc) is 3.12. The summed E-state index contributed by atoms with van der Waals surface area (Å²) in [5, 5.41) is 12.3. The smallest absolute Gasteiger partial charge is 0.320 e. The van der Waals surface area contributed by atoms with Crippen LogP contribution in [0.3, 0.4) is 0 Å². The number of rotatable bonds is 4. The van der Waals surface area contributed by atoms with Gasteiger partial charge in [0.05, 0.1) is 12.6 Å². The van der Waals surface area contributed by atoms with Gasteiger partial charge < -0.3 is 10.1 Å². The fourth-order valence-electron chi connectivity index (χ4n) is 3.10. The molecule has 3 rings (SSSR count). The summed E-state index contributed by atoms with van der Waals surface area (Å²) >= 11 is 1.75. The lowest BCUT2D eigenvalue weighted by molar-refractivity contribution is 0.0238. The Hall–Kier alpha value is -1.86. The summed E-state index contributed by atoms with van der Waals surface area (Å²) in [6, 6.07) is 3.84. The molecule has 0 saturated heterocycles. The highest BCUT2D eigenvalue weighted by atomic mass is 32.1. The number of anilines is 1. The molecule has 2 N–H and O–H groups in total. The van der Waals surface area contributed by atoms with E-state index in [0.29, 0.717) is 12.4 Å². The summed E-state index contributed by atoms with van der Waals surface area (Å²) in [4.78, 5) is 13.6. The van der Waals surface area contributed by atoms with Gasteiger partial charge in [-0.3, -0.25) is 10.00 Å². The SMILES string of the molecule is Cc1cc(NC(=O)N[C@@H](C)[C@H]2OCCc3sccc32)nn1C(C)C. The third-order valence-electron chi connectivity index (χ3n) is 4.18. The standard InChI is InChI=1S/C17H24N4O2S/c1-10(2)21-11(3)9-15(20-21)19-17(22)18-12(4)16-13-6-8-24-14(13)5-7-23-16/h6,8-10,12,16H,5,7H2,1-4H3,(H2,18,19,20,22)/t12-,16+/m0/s1. The second-order valence-corrected chi connectivity index (χ2v) is 7.44. The van der Waals surface area contributed by atoms with Gasteiger partial charge in [-0.15, -0.1) is 11.3 Å². The van der Waals surface area contributed by atoms with Crippen LogP contribution in [0.4, 0.5) is 10.6 Å². The Kier molecular flexibility index (Phi) is 4.91. The highest BCUT2D eigenvalue weighted by Crippen LogP contribution is 2.33. The molecule has 1 aliphatic heterocycles. The Morgan fingerprint density at radius 1 is 1.46 bits per heavy atom. The minimum Gasteiger partial charge on any atom is -0.371 e. The Morgan fingerprint density at radius 3 is 2.96 bits per heavy atom. The van der Waals surface area contributed by atoms with Gasteiger partial charge >= 0.3 is 6.03 Å². The fourth-order valence-corrected chi connectivity index (χ4v) is 4.00. The minimum atomic E-state index is -0.262. The summed E-state index contributed by atoms with van der Waals surface area (Å²) in [6.45, 7) is 8.76. The van der Waals surface area contributed by atoms with Gasteiger partial charge in [-0.25, -0.2) is 4.79 Å². The molecule has 0 bridgehead atoms. The number of hydrogen-bond donors (Lipinski definition) is 2. The monoisotopic (exact) mass is 348 g/mol. The van der Waals surface area contributed by atoms with Crippen LogP contribution in [-0.4, -0.2) is 28.5 Å². The zero-order valence-electron chi connectivity index (χ0n) is 14.5. The van der Waals surface area contributed by atoms with Gasteiger partial charge in [-0.05, 0) is 44.7 Å². The maximum Gasteiger partial charge on any atom is 0.320 e. The van der Waals surface area contributed by atoms with E-state index in [1.54, 1.807) is 11.3 Å². The number of ether oxygens (including phenoxy) is 1. The van der Waals surface area contributed by atoms with E-state index in [2.05, 4.69) is 41.0 Å². The lowest BCUT2D eigenvalue weighted by Crippen LogP contribution is -2.41. The van der Waals surface area contributed by atoms with Crippen molar-refractivity contribution in [3.63, 3.8) is 0 Å². The number of carbonyl (C=O) groups excluding carboxylic acids is 1. The predicted molar refractivity (Wildman–Crippen MR) is 95.7 cm³/mol. The zero-order chi connectivity index (χ0) is 17.3. The predicted octanol–water partition coefficient (Wildman–Crippen LogP) is 3.66. The molecule has 0 saturated carbocycles. The van der Waals surface area contributed by atoms with Gasteiger partial charge in [-0.1, -0.05) is 0 Å². The van der Waals surface area contributed by atoms with Crippen molar-refractivity contribution in [2.75, 3.05) is 11.9 Å². The first kappa shape index (κ1) is 17.0. The Morgan fingerprint density at radius 2 is 2.25 bits per heavy atom. The number of aryl methyl sites for hydroxylation is 1. The third kappa shape index (κ3) is 3.47. The maximum absolute atomic E-state index is 12.3. The Balaban J connectivity index is 1.62. The average molecular weight is 348 g/mol. The van der Waals surface area contributed by atoms with E-state index in [9.17, 15) is 4.79 Å². The van der Waals surface area contributed by atoms with E-state index in [1.165, 1.54) is 10.4 Å². The Labute approximate surface area is 146 Å². The maximum atomic E-state index is 12.3. The number of hydrogen-bond acceptors (Lipinski definition) is 4. The van der Waals surface area contributed by atoms with Crippen LogP contribution in [0.5, 0.6) is 0 Å². The highest BCUT2D eigenvalue weighted by molar-refractivity contribution is 7.10. The van der Waals surface area contributed by atoms with E-state index in [1.807, 2.05) is 24.6 Å². The number of aromatic nitrogens is 2. The molecule has 6 nitrogen and oxygen atoms in total. The van der Waals surface area contributed by atoms with Crippen LogP contribution in [0.2, 0.25) is 0 Å². The topological polar surface area (TPSA) is 68.2 Å². The normalized spacial score (nSPS) is 18.3. The quantitative estimate of drug-likeness (QED) is 0.886. The fraction of sp³-hybridized carbons (Fsp3) is 0.529. The molecule has 3 heterocycles. The van der Waals surface area contributed by atoms with Gasteiger partial charge in [0.15, 0.2) is 5.82 Å². The zero-order valence-corrected chi connectivity index (χ0v) is 15.3. The lowest BCUT2D eigenvalue weighted by atomic mass is 10.0. The van der Waals surface area contributed by atoms with Crippen molar-refractivity contribution >= 4 is 23.2 Å². The first-order valence-electron chi connectivity index (χ1n) is 8.27. The summed E-state index contributed by atoms with van der Waals surface area (Å²) in [5.74, 6) is 0.562. The molecule has 7 heteroatoms. The summed E-state index contributed by atoms with van der Waals surface area (Å²) in [5.41, 5.74) is 2.21. The molecule has 0 spiro atoms.